The van der Waals surface area contributed by atoms with Crippen molar-refractivity contribution in [2.24, 2.45) is 0 Å². The zero-order chi connectivity index (χ0) is 19.5. The van der Waals surface area contributed by atoms with Gasteiger partial charge >= 0.3 is 5.97 Å². The van der Waals surface area contributed by atoms with E-state index in [9.17, 15) is 4.79 Å². The normalized spacial score (nSPS) is 10.6. The van der Waals surface area contributed by atoms with Gasteiger partial charge in [-0.05, 0) is 24.3 Å². The van der Waals surface area contributed by atoms with Crippen LogP contribution < -0.4 is 14.2 Å². The lowest BCUT2D eigenvalue weighted by Crippen LogP contribution is -2.09. The number of hydrogen-bond acceptors (Lipinski definition) is 6. The maximum Gasteiger partial charge on any atom is 0.343 e. The van der Waals surface area contributed by atoms with Crippen LogP contribution >= 0.6 is 0 Å². The van der Waals surface area contributed by atoms with Crippen molar-refractivity contribution in [3.63, 3.8) is 0 Å². The number of carbonyl (C=O) groups is 1. The summed E-state index contributed by atoms with van der Waals surface area (Å²) in [6.07, 6.45) is 0. The highest BCUT2D eigenvalue weighted by Crippen LogP contribution is 2.31. The maximum absolute atomic E-state index is 12.5. The van der Waals surface area contributed by atoms with Crippen LogP contribution in [0.4, 0.5) is 0 Å². The number of hydrogen-bond donors (Lipinski definition) is 0. The van der Waals surface area contributed by atoms with Crippen LogP contribution in [0.5, 0.6) is 17.2 Å². The molecule has 0 amide bonds. The van der Waals surface area contributed by atoms with E-state index in [1.165, 1.54) is 14.2 Å². The molecular formula is C22H17NO5. The van der Waals surface area contributed by atoms with Gasteiger partial charge in [-0.1, -0.05) is 35.5 Å². The molecule has 6 nitrogen and oxygen atoms in total. The lowest BCUT2D eigenvalue weighted by Gasteiger charge is -2.08. The summed E-state index contributed by atoms with van der Waals surface area (Å²) in [4.78, 5) is 12.5. The third-order valence-corrected chi connectivity index (χ3v) is 4.29. The minimum atomic E-state index is -0.528. The summed E-state index contributed by atoms with van der Waals surface area (Å²) < 4.78 is 21.3. The molecule has 0 bridgehead atoms. The number of esters is 1. The molecule has 0 fully saturated rings. The first-order valence-corrected chi connectivity index (χ1v) is 8.58. The van der Waals surface area contributed by atoms with E-state index in [-0.39, 0.29) is 0 Å². The third kappa shape index (κ3) is 3.40. The van der Waals surface area contributed by atoms with Gasteiger partial charge in [-0.3, -0.25) is 0 Å². The average Bonchev–Trinajstić information content (AvgIpc) is 3.17. The Kier molecular flexibility index (Phi) is 4.68. The van der Waals surface area contributed by atoms with Gasteiger partial charge in [0.1, 0.15) is 22.9 Å². The van der Waals surface area contributed by atoms with Crippen molar-refractivity contribution in [1.29, 1.82) is 0 Å². The highest BCUT2D eigenvalue weighted by molar-refractivity contribution is 5.94. The van der Waals surface area contributed by atoms with E-state index in [0.717, 1.165) is 16.6 Å². The van der Waals surface area contributed by atoms with E-state index < -0.39 is 5.97 Å². The molecule has 4 aromatic rings. The fraction of sp³-hybridized carbons (Fsp3) is 0.0909. The van der Waals surface area contributed by atoms with Crippen molar-refractivity contribution in [3.05, 3.63) is 72.3 Å². The number of carbonyl (C=O) groups excluding carboxylic acids is 1. The van der Waals surface area contributed by atoms with Gasteiger partial charge in [0.05, 0.1) is 19.8 Å². The molecule has 0 saturated carbocycles. The number of aromatic nitrogens is 1. The zero-order valence-electron chi connectivity index (χ0n) is 15.3. The first-order valence-electron chi connectivity index (χ1n) is 8.58. The smallest absolute Gasteiger partial charge is 0.343 e. The molecule has 0 atom stereocenters. The van der Waals surface area contributed by atoms with Gasteiger partial charge in [-0.25, -0.2) is 4.79 Å². The standard InChI is InChI=1S/C22H17NO5/c1-25-17-10-15(11-18(12-17)26-2)22(24)27-16-8-9-19-20(13-16)28-23-21(19)14-6-4-3-5-7-14/h3-13H,1-2H3. The third-order valence-electron chi connectivity index (χ3n) is 4.29. The van der Waals surface area contributed by atoms with Gasteiger partial charge in [-0.2, -0.15) is 0 Å². The topological polar surface area (TPSA) is 70.8 Å². The van der Waals surface area contributed by atoms with Gasteiger partial charge in [0, 0.05) is 23.1 Å². The van der Waals surface area contributed by atoms with E-state index in [1.54, 1.807) is 30.3 Å². The van der Waals surface area contributed by atoms with Crippen LogP contribution in [0.2, 0.25) is 0 Å². The molecule has 4 rings (SSSR count). The first kappa shape index (κ1) is 17.6. The van der Waals surface area contributed by atoms with Crippen LogP contribution in [0, 0.1) is 0 Å². The van der Waals surface area contributed by atoms with Crippen LogP contribution in [0.15, 0.2) is 71.3 Å². The highest BCUT2D eigenvalue weighted by atomic mass is 16.5. The van der Waals surface area contributed by atoms with Gasteiger partial charge < -0.3 is 18.7 Å². The molecule has 3 aromatic carbocycles. The fourth-order valence-corrected chi connectivity index (χ4v) is 2.88. The minimum Gasteiger partial charge on any atom is -0.497 e. The van der Waals surface area contributed by atoms with Crippen LogP contribution in [0.3, 0.4) is 0 Å². The van der Waals surface area contributed by atoms with Gasteiger partial charge in [0.2, 0.25) is 0 Å². The molecule has 0 N–H and O–H groups in total. The van der Waals surface area contributed by atoms with Crippen LogP contribution in [-0.2, 0) is 0 Å². The summed E-state index contributed by atoms with van der Waals surface area (Å²) in [7, 11) is 3.04. The molecule has 6 heteroatoms. The monoisotopic (exact) mass is 375 g/mol. The summed E-state index contributed by atoms with van der Waals surface area (Å²) in [5, 5.41) is 4.98. The number of ether oxygens (including phenoxy) is 3. The van der Waals surface area contributed by atoms with Gasteiger partial charge in [0.25, 0.3) is 0 Å². The van der Waals surface area contributed by atoms with E-state index in [0.29, 0.717) is 28.4 Å². The number of methoxy groups -OCH3 is 2. The number of nitrogens with zero attached hydrogens (tertiary/aromatic N) is 1. The molecule has 0 spiro atoms. The second-order valence-electron chi connectivity index (χ2n) is 6.05. The van der Waals surface area contributed by atoms with E-state index >= 15 is 0 Å². The molecule has 1 heterocycles. The largest absolute Gasteiger partial charge is 0.497 e. The van der Waals surface area contributed by atoms with Crippen molar-refractivity contribution in [3.8, 4) is 28.5 Å². The van der Waals surface area contributed by atoms with Crippen molar-refractivity contribution in [1.82, 2.24) is 5.16 Å². The summed E-state index contributed by atoms with van der Waals surface area (Å²) in [6.45, 7) is 0. The molecular weight excluding hydrogens is 358 g/mol. The molecule has 0 aliphatic rings. The summed E-state index contributed by atoms with van der Waals surface area (Å²) in [5.74, 6) is 0.836. The number of benzene rings is 3. The van der Waals surface area contributed by atoms with E-state index in [2.05, 4.69) is 5.16 Å². The maximum atomic E-state index is 12.5. The molecule has 0 unspecified atom stereocenters. The van der Waals surface area contributed by atoms with Crippen LogP contribution in [0.1, 0.15) is 10.4 Å². The van der Waals surface area contributed by atoms with Crippen molar-refractivity contribution >= 4 is 16.9 Å². The summed E-state index contributed by atoms with van der Waals surface area (Å²) >= 11 is 0. The Morgan fingerprint density at radius 3 is 2.25 bits per heavy atom. The van der Waals surface area contributed by atoms with Crippen LogP contribution in [-0.4, -0.2) is 25.3 Å². The lowest BCUT2D eigenvalue weighted by molar-refractivity contribution is 0.0734. The van der Waals surface area contributed by atoms with Crippen molar-refractivity contribution < 1.29 is 23.5 Å². The van der Waals surface area contributed by atoms with Crippen LogP contribution in [0.25, 0.3) is 22.2 Å². The molecule has 1 aromatic heterocycles. The average molecular weight is 375 g/mol. The Morgan fingerprint density at radius 1 is 0.857 bits per heavy atom. The summed E-state index contributed by atoms with van der Waals surface area (Å²) in [6, 6.07) is 19.8. The summed E-state index contributed by atoms with van der Waals surface area (Å²) in [5.41, 5.74) is 2.55. The Morgan fingerprint density at radius 2 is 1.57 bits per heavy atom. The lowest BCUT2D eigenvalue weighted by atomic mass is 10.1. The van der Waals surface area contributed by atoms with Crippen molar-refractivity contribution in [2.45, 2.75) is 0 Å². The Hall–Kier alpha value is -3.80. The Bertz CT molecular complexity index is 1110. The highest BCUT2D eigenvalue weighted by Gasteiger charge is 2.15. The molecule has 28 heavy (non-hydrogen) atoms. The SMILES string of the molecule is COc1cc(OC)cc(C(=O)Oc2ccc3c(-c4ccccc4)noc3c2)c1. The quantitative estimate of drug-likeness (QED) is 0.371. The van der Waals surface area contributed by atoms with Gasteiger partial charge in [-0.15, -0.1) is 0 Å². The molecule has 0 saturated heterocycles. The molecule has 0 aliphatic heterocycles. The molecule has 140 valence electrons. The zero-order valence-corrected chi connectivity index (χ0v) is 15.3. The van der Waals surface area contributed by atoms with Gasteiger partial charge in [0.15, 0.2) is 5.58 Å². The molecule has 0 aliphatic carbocycles. The molecule has 0 radical (unpaired) electrons. The second kappa shape index (κ2) is 7.44. The Labute approximate surface area is 161 Å². The van der Waals surface area contributed by atoms with Crippen molar-refractivity contribution in [2.75, 3.05) is 14.2 Å². The first-order chi connectivity index (χ1) is 13.7. The fourth-order valence-electron chi connectivity index (χ4n) is 2.88. The van der Waals surface area contributed by atoms with E-state index in [1.807, 2.05) is 36.4 Å². The predicted octanol–water partition coefficient (Wildman–Crippen LogP) is 4.73. The Balaban J connectivity index is 1.61. The number of rotatable bonds is 5. The minimum absolute atomic E-state index is 0.318. The van der Waals surface area contributed by atoms with E-state index in [4.69, 9.17) is 18.7 Å². The number of fused-ring (bicyclic) bond motifs is 1. The second-order valence-corrected chi connectivity index (χ2v) is 6.05. The predicted molar refractivity (Wildman–Crippen MR) is 104 cm³/mol.